The van der Waals surface area contributed by atoms with E-state index in [1.54, 1.807) is 42.5 Å². The molecule has 0 aliphatic rings. The molecule has 0 saturated carbocycles. The van der Waals surface area contributed by atoms with Crippen molar-refractivity contribution >= 4 is 40.1 Å². The summed E-state index contributed by atoms with van der Waals surface area (Å²) in [5.74, 6) is 0.357. The van der Waals surface area contributed by atoms with Crippen molar-refractivity contribution < 1.29 is 19.4 Å². The first-order chi connectivity index (χ1) is 11.9. The van der Waals surface area contributed by atoms with E-state index in [9.17, 15) is 4.79 Å². The molecule has 3 rings (SSSR count). The minimum absolute atomic E-state index is 0.401. The van der Waals surface area contributed by atoms with Gasteiger partial charge in [-0.3, -0.25) is 0 Å². The largest absolute Gasteiger partial charge is 0.479 e. The van der Waals surface area contributed by atoms with Crippen molar-refractivity contribution in [2.45, 2.75) is 13.0 Å². The monoisotopic (exact) mass is 377 g/mol. The number of hydrogen-bond donors (Lipinski definition) is 1. The highest BCUT2D eigenvalue weighted by atomic mass is 35.5. The molecular formula is C18H13Cl2NO4. The molecule has 0 bridgehead atoms. The second kappa shape index (κ2) is 7.17. The van der Waals surface area contributed by atoms with E-state index < -0.39 is 12.1 Å². The Labute approximate surface area is 153 Å². The molecule has 3 aromatic rings. The summed E-state index contributed by atoms with van der Waals surface area (Å²) in [6.45, 7) is 1.46. The molecule has 0 aliphatic carbocycles. The summed E-state index contributed by atoms with van der Waals surface area (Å²) in [6, 6.07) is 13.6. The summed E-state index contributed by atoms with van der Waals surface area (Å²) in [5, 5.41) is 10.6. The van der Waals surface area contributed by atoms with Gasteiger partial charge in [0, 0.05) is 11.5 Å². The maximum absolute atomic E-state index is 10.8. The standard InChI is InChI=1S/C18H13Cl2NO4/c1-10(18(22)23)24-12-3-5-13(6-4-12)25-17-7-2-11-8-14(19)15(20)9-16(11)21-17/h2-10H,1H3,(H,22,23). The quantitative estimate of drug-likeness (QED) is 0.662. The molecular weight excluding hydrogens is 365 g/mol. The maximum atomic E-state index is 10.8. The van der Waals surface area contributed by atoms with Gasteiger partial charge < -0.3 is 14.6 Å². The molecule has 0 aliphatic heterocycles. The minimum Gasteiger partial charge on any atom is -0.479 e. The van der Waals surface area contributed by atoms with E-state index in [1.807, 2.05) is 6.07 Å². The Morgan fingerprint density at radius 1 is 1.04 bits per heavy atom. The number of carbonyl (C=O) groups is 1. The van der Waals surface area contributed by atoms with Crippen molar-refractivity contribution in [1.82, 2.24) is 4.98 Å². The van der Waals surface area contributed by atoms with Crippen LogP contribution in [0.4, 0.5) is 0 Å². The topological polar surface area (TPSA) is 68.7 Å². The van der Waals surface area contributed by atoms with Crippen LogP contribution in [0, 0.1) is 0 Å². The summed E-state index contributed by atoms with van der Waals surface area (Å²) < 4.78 is 11.0. The summed E-state index contributed by atoms with van der Waals surface area (Å²) in [5.41, 5.74) is 0.669. The molecule has 5 nitrogen and oxygen atoms in total. The predicted octanol–water partition coefficient (Wildman–Crippen LogP) is 5.19. The Balaban J connectivity index is 1.77. The number of aliphatic carboxylic acids is 1. The van der Waals surface area contributed by atoms with Gasteiger partial charge in [-0.05, 0) is 49.4 Å². The predicted molar refractivity (Wildman–Crippen MR) is 96.0 cm³/mol. The number of benzene rings is 2. The first kappa shape index (κ1) is 17.3. The molecule has 0 radical (unpaired) electrons. The van der Waals surface area contributed by atoms with Crippen molar-refractivity contribution in [3.05, 3.63) is 58.6 Å². The van der Waals surface area contributed by atoms with Crippen molar-refractivity contribution in [2.24, 2.45) is 0 Å². The van der Waals surface area contributed by atoms with Crippen LogP contribution in [0.15, 0.2) is 48.5 Å². The lowest BCUT2D eigenvalue weighted by Gasteiger charge is -2.11. The molecule has 25 heavy (non-hydrogen) atoms. The summed E-state index contributed by atoms with van der Waals surface area (Å²) in [7, 11) is 0. The highest BCUT2D eigenvalue weighted by molar-refractivity contribution is 6.42. The third kappa shape index (κ3) is 4.13. The average molecular weight is 378 g/mol. The first-order valence-corrected chi connectivity index (χ1v) is 8.11. The number of aromatic nitrogens is 1. The third-order valence-electron chi connectivity index (χ3n) is 3.41. The number of fused-ring (bicyclic) bond motifs is 1. The minimum atomic E-state index is -1.03. The van der Waals surface area contributed by atoms with Crippen LogP contribution >= 0.6 is 23.2 Å². The van der Waals surface area contributed by atoms with Gasteiger partial charge in [0.25, 0.3) is 0 Å². The number of ether oxygens (including phenoxy) is 2. The van der Waals surface area contributed by atoms with Crippen LogP contribution in [0.5, 0.6) is 17.4 Å². The molecule has 2 aromatic carbocycles. The van der Waals surface area contributed by atoms with Gasteiger partial charge >= 0.3 is 5.97 Å². The second-order valence-corrected chi connectivity index (χ2v) is 6.09. The van der Waals surface area contributed by atoms with Gasteiger partial charge in [-0.25, -0.2) is 9.78 Å². The van der Waals surface area contributed by atoms with Crippen molar-refractivity contribution in [3.8, 4) is 17.4 Å². The Bertz CT molecular complexity index is 928. The highest BCUT2D eigenvalue weighted by Crippen LogP contribution is 2.29. The lowest BCUT2D eigenvalue weighted by atomic mass is 10.2. The molecule has 1 atom stereocenters. The van der Waals surface area contributed by atoms with E-state index in [2.05, 4.69) is 4.98 Å². The Kier molecular flexibility index (Phi) is 4.97. The van der Waals surface area contributed by atoms with E-state index in [4.69, 9.17) is 37.8 Å². The van der Waals surface area contributed by atoms with Crippen molar-refractivity contribution in [3.63, 3.8) is 0 Å². The lowest BCUT2D eigenvalue weighted by Crippen LogP contribution is -2.22. The molecule has 0 amide bonds. The third-order valence-corrected chi connectivity index (χ3v) is 4.13. The second-order valence-electron chi connectivity index (χ2n) is 5.28. The van der Waals surface area contributed by atoms with Crippen molar-refractivity contribution in [1.29, 1.82) is 0 Å². The number of carboxylic acids is 1. The van der Waals surface area contributed by atoms with Crippen LogP contribution in [-0.2, 0) is 4.79 Å². The number of pyridine rings is 1. The molecule has 0 spiro atoms. The molecule has 1 unspecified atom stereocenters. The van der Waals surface area contributed by atoms with Crippen LogP contribution in [-0.4, -0.2) is 22.2 Å². The Morgan fingerprint density at radius 2 is 1.68 bits per heavy atom. The molecule has 1 heterocycles. The first-order valence-electron chi connectivity index (χ1n) is 7.35. The molecule has 0 saturated heterocycles. The van der Waals surface area contributed by atoms with Gasteiger partial charge in [-0.2, -0.15) is 0 Å². The fourth-order valence-corrected chi connectivity index (χ4v) is 2.45. The molecule has 128 valence electrons. The zero-order chi connectivity index (χ0) is 18.0. The average Bonchev–Trinajstić information content (AvgIpc) is 2.58. The normalized spacial score (nSPS) is 12.0. The van der Waals surface area contributed by atoms with Gasteiger partial charge in [0.15, 0.2) is 6.10 Å². The summed E-state index contributed by atoms with van der Waals surface area (Å²) >= 11 is 12.0. The number of hydrogen-bond acceptors (Lipinski definition) is 4. The number of halogens is 2. The summed E-state index contributed by atoms with van der Waals surface area (Å²) in [4.78, 5) is 15.2. The molecule has 7 heteroatoms. The van der Waals surface area contributed by atoms with Crippen LogP contribution < -0.4 is 9.47 Å². The smallest absolute Gasteiger partial charge is 0.344 e. The zero-order valence-electron chi connectivity index (χ0n) is 13.1. The van der Waals surface area contributed by atoms with E-state index in [0.29, 0.717) is 32.9 Å². The number of rotatable bonds is 5. The fraction of sp³-hybridized carbons (Fsp3) is 0.111. The van der Waals surface area contributed by atoms with Crippen LogP contribution in [0.2, 0.25) is 10.0 Å². The van der Waals surface area contributed by atoms with E-state index in [-0.39, 0.29) is 0 Å². The molecule has 1 aromatic heterocycles. The van der Waals surface area contributed by atoms with Crippen LogP contribution in [0.3, 0.4) is 0 Å². The van der Waals surface area contributed by atoms with E-state index in [0.717, 1.165) is 5.39 Å². The lowest BCUT2D eigenvalue weighted by molar-refractivity contribution is -0.144. The van der Waals surface area contributed by atoms with Crippen LogP contribution in [0.25, 0.3) is 10.9 Å². The fourth-order valence-electron chi connectivity index (χ4n) is 2.12. The Morgan fingerprint density at radius 3 is 2.36 bits per heavy atom. The van der Waals surface area contributed by atoms with E-state index >= 15 is 0 Å². The molecule has 0 fully saturated rings. The van der Waals surface area contributed by atoms with Gasteiger partial charge in [0.1, 0.15) is 11.5 Å². The Hall–Kier alpha value is -2.50. The van der Waals surface area contributed by atoms with E-state index in [1.165, 1.54) is 6.92 Å². The zero-order valence-corrected chi connectivity index (χ0v) is 14.6. The number of nitrogens with zero attached hydrogens (tertiary/aromatic N) is 1. The van der Waals surface area contributed by atoms with Crippen molar-refractivity contribution in [2.75, 3.05) is 0 Å². The van der Waals surface area contributed by atoms with Gasteiger partial charge in [-0.1, -0.05) is 23.2 Å². The highest BCUT2D eigenvalue weighted by Gasteiger charge is 2.12. The maximum Gasteiger partial charge on any atom is 0.344 e. The SMILES string of the molecule is CC(Oc1ccc(Oc2ccc3cc(Cl)c(Cl)cc3n2)cc1)C(=O)O. The van der Waals surface area contributed by atoms with Crippen LogP contribution in [0.1, 0.15) is 6.92 Å². The van der Waals surface area contributed by atoms with Gasteiger partial charge in [0.05, 0.1) is 15.6 Å². The van der Waals surface area contributed by atoms with Gasteiger partial charge in [-0.15, -0.1) is 0 Å². The molecule has 1 N–H and O–H groups in total. The summed E-state index contributed by atoms with van der Waals surface area (Å²) in [6.07, 6.45) is -0.925. The number of carboxylic acid groups (broad SMARTS) is 1. The van der Waals surface area contributed by atoms with Gasteiger partial charge in [0.2, 0.25) is 5.88 Å².